The van der Waals surface area contributed by atoms with Crippen LogP contribution in [0.1, 0.15) is 42.3 Å². The zero-order chi connectivity index (χ0) is 17.1. The van der Waals surface area contributed by atoms with Crippen LogP contribution in [0, 0.1) is 6.92 Å². The van der Waals surface area contributed by atoms with Crippen molar-refractivity contribution < 1.29 is 4.52 Å². The van der Waals surface area contributed by atoms with Gasteiger partial charge in [-0.05, 0) is 38.4 Å². The van der Waals surface area contributed by atoms with E-state index in [-0.39, 0.29) is 0 Å². The van der Waals surface area contributed by atoms with E-state index >= 15 is 0 Å². The number of likely N-dealkylation sites (tertiary alicyclic amines) is 1. The molecule has 0 unspecified atom stereocenters. The van der Waals surface area contributed by atoms with Gasteiger partial charge in [0, 0.05) is 17.8 Å². The summed E-state index contributed by atoms with van der Waals surface area (Å²) in [5.41, 5.74) is 4.40. The third-order valence-corrected chi connectivity index (χ3v) is 4.91. The Labute approximate surface area is 148 Å². The van der Waals surface area contributed by atoms with Crippen LogP contribution in [-0.2, 0) is 6.54 Å². The molecule has 1 aliphatic heterocycles. The zero-order valence-corrected chi connectivity index (χ0v) is 14.6. The second kappa shape index (κ2) is 7.19. The first-order chi connectivity index (χ1) is 12.3. The molecule has 1 aliphatic rings. The van der Waals surface area contributed by atoms with Crippen molar-refractivity contribution >= 4 is 0 Å². The molecule has 0 amide bonds. The minimum atomic E-state index is 0.364. The topological polar surface area (TPSA) is 42.2 Å². The molecule has 1 aromatic carbocycles. The highest BCUT2D eigenvalue weighted by atomic mass is 16.5. The van der Waals surface area contributed by atoms with Crippen LogP contribution >= 0.6 is 0 Å². The molecule has 128 valence electrons. The predicted octanol–water partition coefficient (Wildman–Crippen LogP) is 4.77. The lowest BCUT2D eigenvalue weighted by Crippen LogP contribution is -2.33. The van der Waals surface area contributed by atoms with Crippen LogP contribution in [0.2, 0.25) is 0 Å². The zero-order valence-electron chi connectivity index (χ0n) is 14.6. The van der Waals surface area contributed by atoms with Crippen molar-refractivity contribution in [1.29, 1.82) is 0 Å². The first kappa shape index (κ1) is 16.0. The summed E-state index contributed by atoms with van der Waals surface area (Å²) < 4.78 is 5.62. The van der Waals surface area contributed by atoms with Crippen molar-refractivity contribution in [3.63, 3.8) is 0 Å². The van der Waals surface area contributed by atoms with Crippen LogP contribution in [-0.4, -0.2) is 21.6 Å². The third-order valence-electron chi connectivity index (χ3n) is 4.91. The van der Waals surface area contributed by atoms with Crippen molar-refractivity contribution in [2.24, 2.45) is 0 Å². The number of aryl methyl sites for hydroxylation is 1. The average molecular weight is 333 g/mol. The van der Waals surface area contributed by atoms with E-state index in [1.807, 2.05) is 12.3 Å². The molecular formula is C21H23N3O. The highest BCUT2D eigenvalue weighted by molar-refractivity contribution is 5.59. The van der Waals surface area contributed by atoms with E-state index in [0.29, 0.717) is 6.04 Å². The summed E-state index contributed by atoms with van der Waals surface area (Å²) in [4.78, 5) is 7.03. The summed E-state index contributed by atoms with van der Waals surface area (Å²) in [7, 11) is 0. The van der Waals surface area contributed by atoms with Gasteiger partial charge in [0.05, 0.1) is 18.3 Å². The molecule has 1 atom stereocenters. The van der Waals surface area contributed by atoms with Gasteiger partial charge in [-0.15, -0.1) is 0 Å². The van der Waals surface area contributed by atoms with E-state index in [9.17, 15) is 0 Å². The maximum atomic E-state index is 5.62. The molecule has 0 aliphatic carbocycles. The molecule has 1 saturated heterocycles. The van der Waals surface area contributed by atoms with Crippen molar-refractivity contribution in [3.05, 3.63) is 71.7 Å². The van der Waals surface area contributed by atoms with E-state index in [4.69, 9.17) is 4.52 Å². The summed E-state index contributed by atoms with van der Waals surface area (Å²) >= 11 is 0. The SMILES string of the molecule is Cc1ccc(-c2cc(CN3CCCC[C@@H]3c3ccccn3)on2)cc1. The number of benzene rings is 1. The van der Waals surface area contributed by atoms with Crippen LogP contribution in [0.25, 0.3) is 11.3 Å². The fourth-order valence-electron chi connectivity index (χ4n) is 3.54. The lowest BCUT2D eigenvalue weighted by atomic mass is 9.98. The smallest absolute Gasteiger partial charge is 0.151 e. The van der Waals surface area contributed by atoms with Crippen molar-refractivity contribution in [1.82, 2.24) is 15.0 Å². The van der Waals surface area contributed by atoms with Crippen molar-refractivity contribution in [2.45, 2.75) is 38.8 Å². The van der Waals surface area contributed by atoms with Gasteiger partial charge in [-0.1, -0.05) is 47.5 Å². The van der Waals surface area contributed by atoms with E-state index in [1.54, 1.807) is 0 Å². The Balaban J connectivity index is 1.51. The number of piperidine rings is 1. The van der Waals surface area contributed by atoms with Gasteiger partial charge in [0.1, 0.15) is 5.69 Å². The third kappa shape index (κ3) is 3.64. The normalized spacial score (nSPS) is 18.4. The fourth-order valence-corrected chi connectivity index (χ4v) is 3.54. The lowest BCUT2D eigenvalue weighted by molar-refractivity contribution is 0.123. The highest BCUT2D eigenvalue weighted by Crippen LogP contribution is 2.31. The van der Waals surface area contributed by atoms with Crippen molar-refractivity contribution in [3.8, 4) is 11.3 Å². The molecule has 4 nitrogen and oxygen atoms in total. The first-order valence-corrected chi connectivity index (χ1v) is 8.97. The second-order valence-electron chi connectivity index (χ2n) is 6.78. The maximum absolute atomic E-state index is 5.62. The van der Waals surface area contributed by atoms with Crippen LogP contribution in [0.4, 0.5) is 0 Å². The molecule has 3 aromatic rings. The molecule has 2 aromatic heterocycles. The van der Waals surface area contributed by atoms with E-state index in [0.717, 1.165) is 42.2 Å². The summed E-state index contributed by atoms with van der Waals surface area (Å²) in [6.07, 6.45) is 5.51. The molecule has 4 rings (SSSR count). The second-order valence-corrected chi connectivity index (χ2v) is 6.78. The molecule has 0 radical (unpaired) electrons. The minimum Gasteiger partial charge on any atom is -0.359 e. The predicted molar refractivity (Wildman–Crippen MR) is 97.9 cm³/mol. The lowest BCUT2D eigenvalue weighted by Gasteiger charge is -2.34. The molecule has 25 heavy (non-hydrogen) atoms. The van der Waals surface area contributed by atoms with Gasteiger partial charge in [0.15, 0.2) is 5.76 Å². The molecular weight excluding hydrogens is 310 g/mol. The van der Waals surface area contributed by atoms with Crippen molar-refractivity contribution in [2.75, 3.05) is 6.54 Å². The van der Waals surface area contributed by atoms with Crippen LogP contribution in [0.3, 0.4) is 0 Å². The number of rotatable bonds is 4. The Morgan fingerprint density at radius 2 is 2.00 bits per heavy atom. The quantitative estimate of drug-likeness (QED) is 0.689. The molecule has 1 fully saturated rings. The molecule has 0 saturated carbocycles. The Bertz CT molecular complexity index is 811. The Kier molecular flexibility index (Phi) is 4.61. The Morgan fingerprint density at radius 3 is 2.80 bits per heavy atom. The summed E-state index contributed by atoms with van der Waals surface area (Å²) in [5.74, 6) is 0.915. The van der Waals surface area contributed by atoms with Gasteiger partial charge >= 0.3 is 0 Å². The molecule has 4 heteroatoms. The van der Waals surface area contributed by atoms with Crippen LogP contribution in [0.5, 0.6) is 0 Å². The number of pyridine rings is 1. The number of aromatic nitrogens is 2. The monoisotopic (exact) mass is 333 g/mol. The summed E-state index contributed by atoms with van der Waals surface area (Å²) in [6.45, 7) is 3.94. The molecule has 0 spiro atoms. The number of hydrogen-bond acceptors (Lipinski definition) is 4. The Hall–Kier alpha value is -2.46. The van der Waals surface area contributed by atoms with Gasteiger partial charge < -0.3 is 4.52 Å². The standard InChI is InChI=1S/C21H23N3O/c1-16-8-10-17(11-9-16)20-14-18(25-23-20)15-24-13-5-3-7-21(24)19-6-2-4-12-22-19/h2,4,6,8-12,14,21H,3,5,7,13,15H2,1H3/t21-/m1/s1. The number of nitrogens with zero attached hydrogens (tertiary/aromatic N) is 3. The van der Waals surface area contributed by atoms with Crippen LogP contribution < -0.4 is 0 Å². The number of hydrogen-bond donors (Lipinski definition) is 0. The average Bonchev–Trinajstić information content (AvgIpc) is 3.12. The largest absolute Gasteiger partial charge is 0.359 e. The van der Waals surface area contributed by atoms with Gasteiger partial charge in [-0.3, -0.25) is 9.88 Å². The van der Waals surface area contributed by atoms with Gasteiger partial charge in [0.2, 0.25) is 0 Å². The van der Waals surface area contributed by atoms with E-state index in [2.05, 4.69) is 64.4 Å². The fraction of sp³-hybridized carbons (Fsp3) is 0.333. The van der Waals surface area contributed by atoms with E-state index < -0.39 is 0 Å². The molecule has 0 bridgehead atoms. The molecule has 0 N–H and O–H groups in total. The summed E-state index contributed by atoms with van der Waals surface area (Å²) in [5, 5.41) is 4.26. The van der Waals surface area contributed by atoms with Gasteiger partial charge in [0.25, 0.3) is 0 Å². The molecule has 3 heterocycles. The summed E-state index contributed by atoms with van der Waals surface area (Å²) in [6, 6.07) is 17.0. The first-order valence-electron chi connectivity index (χ1n) is 8.97. The van der Waals surface area contributed by atoms with Gasteiger partial charge in [-0.25, -0.2) is 0 Å². The van der Waals surface area contributed by atoms with Crippen LogP contribution in [0.15, 0.2) is 59.3 Å². The van der Waals surface area contributed by atoms with E-state index in [1.165, 1.54) is 18.4 Å². The highest BCUT2D eigenvalue weighted by Gasteiger charge is 2.26. The maximum Gasteiger partial charge on any atom is 0.151 e. The Morgan fingerprint density at radius 1 is 1.12 bits per heavy atom. The minimum absolute atomic E-state index is 0.364. The van der Waals surface area contributed by atoms with Gasteiger partial charge in [-0.2, -0.15) is 0 Å².